The van der Waals surface area contributed by atoms with Crippen LogP contribution in [0.25, 0.3) is 16.6 Å². The van der Waals surface area contributed by atoms with Crippen molar-refractivity contribution in [1.82, 2.24) is 4.40 Å². The first-order chi connectivity index (χ1) is 14.8. The van der Waals surface area contributed by atoms with Crippen LogP contribution in [0.1, 0.15) is 21.6 Å². The Balaban J connectivity index is 1.77. The number of aryl methyl sites for hydroxylation is 1. The molecule has 0 unspecified atom stereocenters. The molecule has 4 nitrogen and oxygen atoms in total. The number of rotatable bonds is 4. The summed E-state index contributed by atoms with van der Waals surface area (Å²) in [5, 5.41) is 2.14. The zero-order valence-electron chi connectivity index (χ0n) is 16.4. The smallest absolute Gasteiger partial charge is 0.318 e. The van der Waals surface area contributed by atoms with Crippen molar-refractivity contribution in [3.8, 4) is 11.1 Å². The van der Waals surface area contributed by atoms with Gasteiger partial charge in [-0.05, 0) is 42.8 Å². The molecule has 0 saturated heterocycles. The second-order valence-corrected chi connectivity index (χ2v) is 7.09. The molecule has 0 fully saturated rings. The zero-order valence-corrected chi connectivity index (χ0v) is 16.4. The molecule has 2 aromatic heterocycles. The number of hydrogen-bond donors (Lipinski definition) is 1. The van der Waals surface area contributed by atoms with E-state index in [1.54, 1.807) is 34.9 Å². The van der Waals surface area contributed by atoms with E-state index < -0.39 is 29.1 Å². The summed E-state index contributed by atoms with van der Waals surface area (Å²) < 4.78 is 41.3. The van der Waals surface area contributed by atoms with E-state index in [-0.39, 0.29) is 5.69 Å². The largest absolute Gasteiger partial charge is 0.418 e. The van der Waals surface area contributed by atoms with Gasteiger partial charge in [0.2, 0.25) is 0 Å². The normalized spacial score (nSPS) is 11.5. The molecule has 0 saturated carbocycles. The predicted octanol–water partition coefficient (Wildman–Crippen LogP) is 5.75. The first-order valence-electron chi connectivity index (χ1n) is 9.45. The highest BCUT2D eigenvalue weighted by molar-refractivity contribution is 6.47. The topological polar surface area (TPSA) is 50.6 Å². The van der Waals surface area contributed by atoms with Gasteiger partial charge in [0.15, 0.2) is 0 Å². The number of aromatic nitrogens is 1. The molecule has 156 valence electrons. The minimum Gasteiger partial charge on any atom is -0.318 e. The standard InChI is InChI=1S/C24H17F3N2O2/c1-15-9-11-16(12-10-15)18-14-17-6-4-5-13-29(17)21(18)22(30)23(31)28-20-8-3-2-7-19(20)24(25,26)27/h2-14H,1H3,(H,28,31). The monoisotopic (exact) mass is 422 g/mol. The molecule has 0 aliphatic heterocycles. The highest BCUT2D eigenvalue weighted by Crippen LogP contribution is 2.35. The van der Waals surface area contributed by atoms with E-state index in [2.05, 4.69) is 5.32 Å². The number of pyridine rings is 1. The second-order valence-electron chi connectivity index (χ2n) is 7.09. The Morgan fingerprint density at radius 1 is 0.903 bits per heavy atom. The number of carbonyl (C=O) groups excluding carboxylic acids is 2. The Bertz CT molecular complexity index is 1290. The number of fused-ring (bicyclic) bond motifs is 1. The van der Waals surface area contributed by atoms with Crippen molar-refractivity contribution in [1.29, 1.82) is 0 Å². The van der Waals surface area contributed by atoms with Crippen LogP contribution in [0.3, 0.4) is 0 Å². The van der Waals surface area contributed by atoms with Gasteiger partial charge in [0.25, 0.3) is 11.7 Å². The van der Waals surface area contributed by atoms with Crippen LogP contribution in [0.2, 0.25) is 0 Å². The van der Waals surface area contributed by atoms with Crippen LogP contribution in [0.15, 0.2) is 79.0 Å². The number of nitrogens with one attached hydrogen (secondary N) is 1. The summed E-state index contributed by atoms with van der Waals surface area (Å²) in [5.74, 6) is -2.08. The fraction of sp³-hybridized carbons (Fsp3) is 0.0833. The second kappa shape index (κ2) is 7.75. The molecular weight excluding hydrogens is 405 g/mol. The molecule has 1 amide bonds. The van der Waals surface area contributed by atoms with Gasteiger partial charge in [-0.3, -0.25) is 9.59 Å². The van der Waals surface area contributed by atoms with Crippen LogP contribution < -0.4 is 5.32 Å². The summed E-state index contributed by atoms with van der Waals surface area (Å²) >= 11 is 0. The number of halogens is 3. The summed E-state index contributed by atoms with van der Waals surface area (Å²) in [6.07, 6.45) is -3.03. The van der Waals surface area contributed by atoms with Crippen LogP contribution >= 0.6 is 0 Å². The van der Waals surface area contributed by atoms with Crippen molar-refractivity contribution in [2.24, 2.45) is 0 Å². The zero-order chi connectivity index (χ0) is 22.2. The molecule has 31 heavy (non-hydrogen) atoms. The van der Waals surface area contributed by atoms with E-state index in [4.69, 9.17) is 0 Å². The molecule has 0 radical (unpaired) electrons. The summed E-state index contributed by atoms with van der Waals surface area (Å²) in [7, 11) is 0. The molecule has 1 N–H and O–H groups in total. The molecule has 4 aromatic rings. The number of carbonyl (C=O) groups is 2. The van der Waals surface area contributed by atoms with Gasteiger partial charge in [-0.25, -0.2) is 0 Å². The van der Waals surface area contributed by atoms with E-state index in [0.29, 0.717) is 11.1 Å². The highest BCUT2D eigenvalue weighted by Gasteiger charge is 2.34. The molecule has 0 atom stereocenters. The van der Waals surface area contributed by atoms with Gasteiger partial charge in [-0.15, -0.1) is 0 Å². The third kappa shape index (κ3) is 3.94. The molecule has 4 rings (SSSR count). The summed E-state index contributed by atoms with van der Waals surface area (Å²) in [6, 6.07) is 19.0. The van der Waals surface area contributed by atoms with Gasteiger partial charge in [0.05, 0.1) is 11.3 Å². The Hall–Kier alpha value is -3.87. The summed E-state index contributed by atoms with van der Waals surface area (Å²) in [5.41, 5.74) is 1.56. The average molecular weight is 422 g/mol. The molecule has 7 heteroatoms. The van der Waals surface area contributed by atoms with Crippen molar-refractivity contribution < 1.29 is 22.8 Å². The van der Waals surface area contributed by atoms with Gasteiger partial charge in [0, 0.05) is 17.3 Å². The number of Topliss-reactive ketones (excluding diaryl/α,β-unsaturated/α-hetero) is 1. The van der Waals surface area contributed by atoms with Crippen molar-refractivity contribution >= 4 is 22.9 Å². The lowest BCUT2D eigenvalue weighted by atomic mass is 10.0. The number of amides is 1. The minimum absolute atomic E-state index is 0.0847. The van der Waals surface area contributed by atoms with E-state index >= 15 is 0 Å². The maximum absolute atomic E-state index is 13.3. The molecule has 2 aromatic carbocycles. The van der Waals surface area contributed by atoms with Crippen LogP contribution in [-0.2, 0) is 11.0 Å². The third-order valence-corrected chi connectivity index (χ3v) is 4.94. The van der Waals surface area contributed by atoms with Crippen molar-refractivity contribution in [3.63, 3.8) is 0 Å². The Labute approximate surface area is 175 Å². The highest BCUT2D eigenvalue weighted by atomic mass is 19.4. The van der Waals surface area contributed by atoms with Crippen LogP contribution in [-0.4, -0.2) is 16.1 Å². The van der Waals surface area contributed by atoms with Gasteiger partial charge in [-0.1, -0.05) is 48.0 Å². The van der Waals surface area contributed by atoms with Crippen LogP contribution in [0, 0.1) is 6.92 Å². The Morgan fingerprint density at radius 3 is 2.29 bits per heavy atom. The fourth-order valence-electron chi connectivity index (χ4n) is 3.43. The molecule has 0 aliphatic carbocycles. The van der Waals surface area contributed by atoms with Crippen molar-refractivity contribution in [2.75, 3.05) is 5.32 Å². The Morgan fingerprint density at radius 2 is 1.58 bits per heavy atom. The summed E-state index contributed by atoms with van der Waals surface area (Å²) in [4.78, 5) is 25.9. The van der Waals surface area contributed by atoms with Crippen LogP contribution in [0.5, 0.6) is 0 Å². The third-order valence-electron chi connectivity index (χ3n) is 4.94. The molecule has 0 spiro atoms. The molecule has 0 bridgehead atoms. The Kier molecular flexibility index (Phi) is 5.10. The molecule has 2 heterocycles. The number of alkyl halides is 3. The molecule has 0 aliphatic rings. The van der Waals surface area contributed by atoms with Gasteiger partial charge in [0.1, 0.15) is 5.69 Å². The number of anilines is 1. The number of benzene rings is 2. The van der Waals surface area contributed by atoms with Gasteiger partial charge in [-0.2, -0.15) is 13.2 Å². The maximum Gasteiger partial charge on any atom is 0.418 e. The quantitative estimate of drug-likeness (QED) is 0.336. The predicted molar refractivity (Wildman–Crippen MR) is 112 cm³/mol. The first-order valence-corrected chi connectivity index (χ1v) is 9.45. The lowest BCUT2D eigenvalue weighted by Crippen LogP contribution is -2.26. The minimum atomic E-state index is -4.66. The lowest BCUT2D eigenvalue weighted by Gasteiger charge is -2.13. The average Bonchev–Trinajstić information content (AvgIpc) is 3.12. The van der Waals surface area contributed by atoms with Crippen molar-refractivity contribution in [2.45, 2.75) is 13.1 Å². The van der Waals surface area contributed by atoms with E-state index in [9.17, 15) is 22.8 Å². The number of para-hydroxylation sites is 1. The first kappa shape index (κ1) is 20.4. The van der Waals surface area contributed by atoms with Gasteiger partial charge < -0.3 is 9.72 Å². The maximum atomic E-state index is 13.3. The molecular formula is C24H17F3N2O2. The van der Waals surface area contributed by atoms with E-state index in [1.165, 1.54) is 12.1 Å². The number of hydrogen-bond acceptors (Lipinski definition) is 2. The van der Waals surface area contributed by atoms with Crippen LogP contribution in [0.4, 0.5) is 18.9 Å². The van der Waals surface area contributed by atoms with Crippen molar-refractivity contribution in [3.05, 3.63) is 95.8 Å². The summed E-state index contributed by atoms with van der Waals surface area (Å²) in [6.45, 7) is 1.93. The SMILES string of the molecule is Cc1ccc(-c2cc3ccccn3c2C(=O)C(=O)Nc2ccccc2C(F)(F)F)cc1. The lowest BCUT2D eigenvalue weighted by molar-refractivity contribution is -0.137. The fourth-order valence-corrected chi connectivity index (χ4v) is 3.43. The van der Waals surface area contributed by atoms with E-state index in [0.717, 1.165) is 23.3 Å². The van der Waals surface area contributed by atoms with Gasteiger partial charge >= 0.3 is 6.18 Å². The number of ketones is 1. The number of nitrogens with zero attached hydrogens (tertiary/aromatic N) is 1. The van der Waals surface area contributed by atoms with E-state index in [1.807, 2.05) is 31.2 Å².